The fourth-order valence-electron chi connectivity index (χ4n) is 2.13. The SMILES string of the molecule is CCNC(c1cc(F)ccc1OC)C(C)(C)N(C)C. The quantitative estimate of drug-likeness (QED) is 0.858. The van der Waals surface area contributed by atoms with Gasteiger partial charge in [-0.25, -0.2) is 4.39 Å². The number of halogens is 1. The third-order valence-electron chi connectivity index (χ3n) is 3.77. The molecular formula is C15H25FN2O. The van der Waals surface area contributed by atoms with Gasteiger partial charge in [0, 0.05) is 11.1 Å². The molecule has 1 unspecified atom stereocenters. The third kappa shape index (κ3) is 3.45. The molecule has 1 atom stereocenters. The Labute approximate surface area is 115 Å². The summed E-state index contributed by atoms with van der Waals surface area (Å²) in [7, 11) is 5.66. The first kappa shape index (κ1) is 15.9. The molecule has 1 aromatic rings. The van der Waals surface area contributed by atoms with Crippen LogP contribution in [0.25, 0.3) is 0 Å². The third-order valence-corrected chi connectivity index (χ3v) is 3.77. The molecule has 4 heteroatoms. The summed E-state index contributed by atoms with van der Waals surface area (Å²) in [6.07, 6.45) is 0. The van der Waals surface area contributed by atoms with E-state index < -0.39 is 0 Å². The molecular weight excluding hydrogens is 243 g/mol. The topological polar surface area (TPSA) is 24.5 Å². The lowest BCUT2D eigenvalue weighted by atomic mass is 9.86. The lowest BCUT2D eigenvalue weighted by Gasteiger charge is -2.41. The number of ether oxygens (including phenoxy) is 1. The van der Waals surface area contributed by atoms with Gasteiger partial charge >= 0.3 is 0 Å². The molecule has 0 saturated carbocycles. The van der Waals surface area contributed by atoms with E-state index in [9.17, 15) is 4.39 Å². The number of hydrogen-bond acceptors (Lipinski definition) is 3. The average molecular weight is 268 g/mol. The van der Waals surface area contributed by atoms with Crippen LogP contribution in [0.4, 0.5) is 4.39 Å². The maximum atomic E-state index is 13.6. The van der Waals surface area contributed by atoms with Crippen LogP contribution in [0.5, 0.6) is 5.75 Å². The zero-order valence-corrected chi connectivity index (χ0v) is 12.7. The minimum atomic E-state index is -0.242. The maximum absolute atomic E-state index is 13.6. The Morgan fingerprint density at radius 1 is 1.37 bits per heavy atom. The van der Waals surface area contributed by atoms with Crippen molar-refractivity contribution in [3.63, 3.8) is 0 Å². The molecule has 0 aliphatic heterocycles. The number of nitrogens with one attached hydrogen (secondary N) is 1. The minimum absolute atomic E-state index is 0.0156. The number of hydrogen-bond donors (Lipinski definition) is 1. The number of rotatable bonds is 6. The normalized spacial score (nSPS) is 13.7. The van der Waals surface area contributed by atoms with Crippen molar-refractivity contribution in [2.45, 2.75) is 32.4 Å². The van der Waals surface area contributed by atoms with Gasteiger partial charge in [-0.05, 0) is 52.7 Å². The van der Waals surface area contributed by atoms with Crippen molar-refractivity contribution in [1.82, 2.24) is 10.2 Å². The first-order valence-electron chi connectivity index (χ1n) is 6.58. The summed E-state index contributed by atoms with van der Waals surface area (Å²) in [6.45, 7) is 7.11. The molecule has 3 nitrogen and oxygen atoms in total. The molecule has 0 aliphatic carbocycles. The number of nitrogens with zero attached hydrogens (tertiary/aromatic N) is 1. The summed E-state index contributed by atoms with van der Waals surface area (Å²) in [5.74, 6) is 0.468. The maximum Gasteiger partial charge on any atom is 0.123 e. The molecule has 108 valence electrons. The Kier molecular flexibility index (Phi) is 5.32. The monoisotopic (exact) mass is 268 g/mol. The molecule has 0 fully saturated rings. The Balaban J connectivity index is 3.29. The average Bonchev–Trinajstić information content (AvgIpc) is 2.35. The van der Waals surface area contributed by atoms with Crippen molar-refractivity contribution in [2.24, 2.45) is 0 Å². The highest BCUT2D eigenvalue weighted by Crippen LogP contribution is 2.35. The molecule has 0 radical (unpaired) electrons. The van der Waals surface area contributed by atoms with Gasteiger partial charge in [0.25, 0.3) is 0 Å². The van der Waals surface area contributed by atoms with Crippen LogP contribution in [-0.2, 0) is 0 Å². The first-order valence-corrected chi connectivity index (χ1v) is 6.58. The van der Waals surface area contributed by atoms with Crippen LogP contribution in [0.1, 0.15) is 32.4 Å². The standard InChI is InChI=1S/C15H25FN2O/c1-7-17-14(15(2,3)18(4)5)12-10-11(16)8-9-13(12)19-6/h8-10,14,17H,7H2,1-6H3. The fourth-order valence-corrected chi connectivity index (χ4v) is 2.13. The van der Waals surface area contributed by atoms with E-state index in [1.165, 1.54) is 6.07 Å². The second kappa shape index (κ2) is 6.35. The van der Waals surface area contributed by atoms with Gasteiger partial charge in [-0.2, -0.15) is 0 Å². The van der Waals surface area contributed by atoms with E-state index in [0.29, 0.717) is 5.75 Å². The summed E-state index contributed by atoms with van der Waals surface area (Å²) in [5.41, 5.74) is 0.680. The van der Waals surface area contributed by atoms with E-state index in [1.807, 2.05) is 21.0 Å². The summed E-state index contributed by atoms with van der Waals surface area (Å²) in [4.78, 5) is 2.13. The highest BCUT2D eigenvalue weighted by Gasteiger charge is 2.34. The molecule has 1 rings (SSSR count). The molecule has 1 aromatic carbocycles. The number of likely N-dealkylation sites (N-methyl/N-ethyl adjacent to an activating group) is 2. The Bertz CT molecular complexity index is 419. The molecule has 0 amide bonds. The lowest BCUT2D eigenvalue weighted by Crippen LogP contribution is -2.49. The molecule has 19 heavy (non-hydrogen) atoms. The van der Waals surface area contributed by atoms with Gasteiger partial charge in [-0.1, -0.05) is 6.92 Å². The molecule has 0 spiro atoms. The summed E-state index contributed by atoms with van der Waals surface area (Å²) >= 11 is 0. The van der Waals surface area contributed by atoms with E-state index in [2.05, 4.69) is 24.1 Å². The molecule has 0 heterocycles. The lowest BCUT2D eigenvalue weighted by molar-refractivity contribution is 0.137. The smallest absolute Gasteiger partial charge is 0.123 e. The molecule has 0 aromatic heterocycles. The molecule has 1 N–H and O–H groups in total. The van der Waals surface area contributed by atoms with Crippen LogP contribution in [0.2, 0.25) is 0 Å². The summed E-state index contributed by atoms with van der Waals surface area (Å²) in [6, 6.07) is 4.64. The highest BCUT2D eigenvalue weighted by molar-refractivity contribution is 5.38. The van der Waals surface area contributed by atoms with Crippen molar-refractivity contribution in [1.29, 1.82) is 0 Å². The largest absolute Gasteiger partial charge is 0.496 e. The van der Waals surface area contributed by atoms with Crippen molar-refractivity contribution >= 4 is 0 Å². The van der Waals surface area contributed by atoms with E-state index in [4.69, 9.17) is 4.74 Å². The van der Waals surface area contributed by atoms with Crippen LogP contribution in [-0.4, -0.2) is 38.2 Å². The second-order valence-electron chi connectivity index (χ2n) is 5.43. The predicted octanol–water partition coefficient (Wildman–Crippen LogP) is 2.83. The Hall–Kier alpha value is -1.13. The summed E-state index contributed by atoms with van der Waals surface area (Å²) in [5, 5.41) is 3.43. The van der Waals surface area contributed by atoms with Gasteiger partial charge in [-0.3, -0.25) is 0 Å². The van der Waals surface area contributed by atoms with E-state index >= 15 is 0 Å². The zero-order chi connectivity index (χ0) is 14.6. The minimum Gasteiger partial charge on any atom is -0.496 e. The van der Waals surface area contributed by atoms with Gasteiger partial charge < -0.3 is 15.0 Å². The van der Waals surface area contributed by atoms with Crippen molar-refractivity contribution in [3.05, 3.63) is 29.6 Å². The van der Waals surface area contributed by atoms with Crippen LogP contribution in [0.3, 0.4) is 0 Å². The van der Waals surface area contributed by atoms with Gasteiger partial charge in [-0.15, -0.1) is 0 Å². The molecule has 0 saturated heterocycles. The van der Waals surface area contributed by atoms with Crippen molar-refractivity contribution in [3.8, 4) is 5.75 Å². The van der Waals surface area contributed by atoms with Crippen molar-refractivity contribution in [2.75, 3.05) is 27.7 Å². The number of benzene rings is 1. The fraction of sp³-hybridized carbons (Fsp3) is 0.600. The van der Waals surface area contributed by atoms with Crippen LogP contribution >= 0.6 is 0 Å². The van der Waals surface area contributed by atoms with Gasteiger partial charge in [0.2, 0.25) is 0 Å². The number of methoxy groups -OCH3 is 1. The second-order valence-corrected chi connectivity index (χ2v) is 5.43. The van der Waals surface area contributed by atoms with Gasteiger partial charge in [0.05, 0.1) is 13.2 Å². The van der Waals surface area contributed by atoms with Gasteiger partial charge in [0.1, 0.15) is 11.6 Å². The van der Waals surface area contributed by atoms with Crippen LogP contribution < -0.4 is 10.1 Å². The predicted molar refractivity (Wildman–Crippen MR) is 77.1 cm³/mol. The van der Waals surface area contributed by atoms with E-state index in [0.717, 1.165) is 12.1 Å². The Morgan fingerprint density at radius 2 is 2.00 bits per heavy atom. The summed E-state index contributed by atoms with van der Waals surface area (Å²) < 4.78 is 19.0. The highest BCUT2D eigenvalue weighted by atomic mass is 19.1. The van der Waals surface area contributed by atoms with E-state index in [1.54, 1.807) is 19.2 Å². The van der Waals surface area contributed by atoms with Crippen molar-refractivity contribution < 1.29 is 9.13 Å². The van der Waals surface area contributed by atoms with Gasteiger partial charge in [0.15, 0.2) is 0 Å². The Morgan fingerprint density at radius 3 is 2.47 bits per heavy atom. The zero-order valence-electron chi connectivity index (χ0n) is 12.7. The molecule has 0 bridgehead atoms. The van der Waals surface area contributed by atoms with Crippen LogP contribution in [0, 0.1) is 5.82 Å². The van der Waals surface area contributed by atoms with E-state index in [-0.39, 0.29) is 17.4 Å². The first-order chi connectivity index (χ1) is 8.84. The molecule has 0 aliphatic rings. The van der Waals surface area contributed by atoms with Crippen LogP contribution in [0.15, 0.2) is 18.2 Å².